The smallest absolute Gasteiger partial charge is 0.400 e. The van der Waals surface area contributed by atoms with Crippen LogP contribution in [0.4, 0.5) is 22.0 Å². The van der Waals surface area contributed by atoms with E-state index in [4.69, 9.17) is 4.74 Å². The lowest BCUT2D eigenvalue weighted by atomic mass is 9.68. The number of hydrogen-bond donors (Lipinski definition) is 0. The van der Waals surface area contributed by atoms with Crippen LogP contribution in [0.2, 0.25) is 0 Å². The maximum Gasteiger partial charge on any atom is 0.400 e. The molecule has 2 unspecified atom stereocenters. The van der Waals surface area contributed by atoms with Gasteiger partial charge in [0.15, 0.2) is 17.5 Å². The first-order valence-electron chi connectivity index (χ1n) is 13.1. The molecule has 4 rings (SSSR count). The van der Waals surface area contributed by atoms with Crippen molar-refractivity contribution >= 4 is 0 Å². The highest BCUT2D eigenvalue weighted by Gasteiger charge is 2.45. The highest BCUT2D eigenvalue weighted by Crippen LogP contribution is 2.47. The third-order valence-corrected chi connectivity index (χ3v) is 8.49. The molecule has 34 heavy (non-hydrogen) atoms. The number of hydrogen-bond acceptors (Lipinski definition) is 2. The Bertz CT molecular complexity index is 777. The van der Waals surface area contributed by atoms with Crippen molar-refractivity contribution in [3.8, 4) is 5.75 Å². The summed E-state index contributed by atoms with van der Waals surface area (Å²) < 4.78 is 80.2. The van der Waals surface area contributed by atoms with Crippen molar-refractivity contribution in [1.82, 2.24) is 0 Å². The molecule has 0 N–H and O–H groups in total. The minimum Gasteiger partial charge on any atom is -0.432 e. The van der Waals surface area contributed by atoms with Crippen LogP contribution in [-0.2, 0) is 4.74 Å². The second kappa shape index (κ2) is 11.1. The molecule has 0 radical (unpaired) electrons. The molecular formula is C27H37F5O2. The first-order valence-corrected chi connectivity index (χ1v) is 13.1. The summed E-state index contributed by atoms with van der Waals surface area (Å²) >= 11 is 0. The zero-order valence-electron chi connectivity index (χ0n) is 20.0. The van der Waals surface area contributed by atoms with Gasteiger partial charge in [-0.15, -0.1) is 0 Å². The molecule has 2 aliphatic carbocycles. The van der Waals surface area contributed by atoms with Crippen molar-refractivity contribution in [1.29, 1.82) is 0 Å². The molecule has 2 nitrogen and oxygen atoms in total. The number of benzene rings is 1. The Morgan fingerprint density at radius 2 is 1.38 bits per heavy atom. The molecule has 1 saturated heterocycles. The number of ether oxygens (including phenoxy) is 2. The summed E-state index contributed by atoms with van der Waals surface area (Å²) in [6, 6.07) is 0.937. The van der Waals surface area contributed by atoms with Crippen molar-refractivity contribution in [2.45, 2.75) is 109 Å². The van der Waals surface area contributed by atoms with Crippen LogP contribution >= 0.6 is 0 Å². The lowest BCUT2D eigenvalue weighted by Gasteiger charge is -2.40. The second-order valence-electron chi connectivity index (χ2n) is 10.7. The van der Waals surface area contributed by atoms with E-state index >= 15 is 0 Å². The molecule has 0 aromatic heterocycles. The zero-order chi connectivity index (χ0) is 24.3. The van der Waals surface area contributed by atoms with E-state index in [2.05, 4.69) is 11.7 Å². The number of halogens is 5. The standard InChI is InChI=1S/C27H37F5O2/c1-2-3-4-21-13-14-25(33-21)19-7-5-17(6-8-19)18-9-11-20(12-10-18)27(31,32)34-22-15-23(28)26(30)24(29)16-22/h15-21,25H,2-14H2,1H3. The molecule has 0 bridgehead atoms. The van der Waals surface area contributed by atoms with Gasteiger partial charge in [-0.1, -0.05) is 19.8 Å². The van der Waals surface area contributed by atoms with Gasteiger partial charge in [-0.2, -0.15) is 8.78 Å². The van der Waals surface area contributed by atoms with Crippen LogP contribution < -0.4 is 4.74 Å². The van der Waals surface area contributed by atoms with E-state index in [-0.39, 0.29) is 0 Å². The third kappa shape index (κ3) is 6.06. The molecule has 192 valence electrons. The average Bonchev–Trinajstić information content (AvgIpc) is 3.30. The van der Waals surface area contributed by atoms with Crippen molar-refractivity contribution < 1.29 is 31.4 Å². The molecule has 1 aromatic carbocycles. The predicted octanol–water partition coefficient (Wildman–Crippen LogP) is 8.43. The Morgan fingerprint density at radius 1 is 0.824 bits per heavy atom. The largest absolute Gasteiger partial charge is 0.432 e. The van der Waals surface area contributed by atoms with Gasteiger partial charge in [0, 0.05) is 12.1 Å². The fraction of sp³-hybridized carbons (Fsp3) is 0.778. The van der Waals surface area contributed by atoms with Gasteiger partial charge in [0.1, 0.15) is 5.75 Å². The van der Waals surface area contributed by atoms with Crippen molar-refractivity contribution in [3.05, 3.63) is 29.6 Å². The first-order chi connectivity index (χ1) is 16.3. The summed E-state index contributed by atoms with van der Waals surface area (Å²) in [6.45, 7) is 2.21. The normalized spacial score (nSPS) is 32.6. The Kier molecular flexibility index (Phi) is 8.42. The van der Waals surface area contributed by atoms with Crippen LogP contribution in [0.1, 0.15) is 90.4 Å². The molecule has 2 atom stereocenters. The molecule has 2 saturated carbocycles. The van der Waals surface area contributed by atoms with Gasteiger partial charge in [-0.25, -0.2) is 13.2 Å². The summed E-state index contributed by atoms with van der Waals surface area (Å²) in [7, 11) is 0. The lowest BCUT2D eigenvalue weighted by Crippen LogP contribution is -2.38. The van der Waals surface area contributed by atoms with Gasteiger partial charge in [0.05, 0.1) is 18.1 Å². The van der Waals surface area contributed by atoms with Gasteiger partial charge < -0.3 is 9.47 Å². The third-order valence-electron chi connectivity index (χ3n) is 8.49. The van der Waals surface area contributed by atoms with E-state index in [9.17, 15) is 22.0 Å². The van der Waals surface area contributed by atoms with Gasteiger partial charge in [-0.3, -0.25) is 0 Å². The number of alkyl halides is 2. The molecule has 7 heteroatoms. The SMILES string of the molecule is CCCCC1CCC(C2CCC(C3CCC(C(F)(F)Oc4cc(F)c(F)c(F)c4)CC3)CC2)O1. The topological polar surface area (TPSA) is 18.5 Å². The minimum atomic E-state index is -3.55. The van der Waals surface area contributed by atoms with Crippen LogP contribution in [-0.4, -0.2) is 18.3 Å². The molecule has 3 fully saturated rings. The molecule has 0 amide bonds. The van der Waals surface area contributed by atoms with Crippen LogP contribution in [0.3, 0.4) is 0 Å². The van der Waals surface area contributed by atoms with Crippen LogP contribution in [0.15, 0.2) is 12.1 Å². The van der Waals surface area contributed by atoms with Crippen molar-refractivity contribution in [2.24, 2.45) is 23.7 Å². The van der Waals surface area contributed by atoms with E-state index in [0.29, 0.717) is 67.8 Å². The first kappa shape index (κ1) is 25.7. The highest BCUT2D eigenvalue weighted by atomic mass is 19.3. The Morgan fingerprint density at radius 3 is 1.97 bits per heavy atom. The highest BCUT2D eigenvalue weighted by molar-refractivity contribution is 5.25. The fourth-order valence-corrected chi connectivity index (χ4v) is 6.47. The number of unbranched alkanes of at least 4 members (excludes halogenated alkanes) is 1. The van der Waals surface area contributed by atoms with Crippen molar-refractivity contribution in [2.75, 3.05) is 0 Å². The molecule has 1 heterocycles. The maximum atomic E-state index is 14.7. The Hall–Kier alpha value is -1.37. The minimum absolute atomic E-state index is 0.314. The summed E-state index contributed by atoms with van der Waals surface area (Å²) in [5.41, 5.74) is 0. The molecule has 1 aliphatic heterocycles. The maximum absolute atomic E-state index is 14.7. The van der Waals surface area contributed by atoms with E-state index in [1.807, 2.05) is 0 Å². The van der Waals surface area contributed by atoms with Crippen molar-refractivity contribution in [3.63, 3.8) is 0 Å². The Balaban J connectivity index is 1.22. The van der Waals surface area contributed by atoms with Gasteiger partial charge >= 0.3 is 6.11 Å². The van der Waals surface area contributed by atoms with Crippen LogP contribution in [0, 0.1) is 41.1 Å². The van der Waals surface area contributed by atoms with Gasteiger partial charge in [0.25, 0.3) is 0 Å². The molecule has 1 aromatic rings. The Labute approximate surface area is 199 Å². The lowest BCUT2D eigenvalue weighted by molar-refractivity contribution is -0.224. The quantitative estimate of drug-likeness (QED) is 0.270. The van der Waals surface area contributed by atoms with E-state index in [1.54, 1.807) is 0 Å². The average molecular weight is 489 g/mol. The van der Waals surface area contributed by atoms with E-state index < -0.39 is 35.2 Å². The van der Waals surface area contributed by atoms with Crippen LogP contribution in [0.5, 0.6) is 5.75 Å². The molecular weight excluding hydrogens is 451 g/mol. The van der Waals surface area contributed by atoms with Crippen LogP contribution in [0.25, 0.3) is 0 Å². The second-order valence-corrected chi connectivity index (χ2v) is 10.7. The zero-order valence-corrected chi connectivity index (χ0v) is 20.0. The monoisotopic (exact) mass is 488 g/mol. The molecule has 0 spiro atoms. The number of rotatable bonds is 8. The van der Waals surface area contributed by atoms with Gasteiger partial charge in [0.2, 0.25) is 0 Å². The summed E-state index contributed by atoms with van der Waals surface area (Å²) in [6.07, 6.45) is 9.91. The van der Waals surface area contributed by atoms with E-state index in [0.717, 1.165) is 25.7 Å². The molecule has 3 aliphatic rings. The summed E-state index contributed by atoms with van der Waals surface area (Å²) in [5, 5.41) is 0. The van der Waals surface area contributed by atoms with Gasteiger partial charge in [-0.05, 0) is 88.4 Å². The summed E-state index contributed by atoms with van der Waals surface area (Å²) in [5.74, 6) is -4.82. The predicted molar refractivity (Wildman–Crippen MR) is 120 cm³/mol. The summed E-state index contributed by atoms with van der Waals surface area (Å²) in [4.78, 5) is 0. The van der Waals surface area contributed by atoms with E-state index in [1.165, 1.54) is 32.1 Å². The fourth-order valence-electron chi connectivity index (χ4n) is 6.47.